The van der Waals surface area contributed by atoms with Gasteiger partial charge in [-0.25, -0.2) is 0 Å². The summed E-state index contributed by atoms with van der Waals surface area (Å²) in [6.07, 6.45) is 2.77. The number of carbonyl (C=O) groups excluding carboxylic acids is 2. The second kappa shape index (κ2) is 7.65. The monoisotopic (exact) mass is 433 g/mol. The number of para-hydroxylation sites is 1. The molecule has 1 aromatic heterocycles. The van der Waals surface area contributed by atoms with Gasteiger partial charge in [0.05, 0.1) is 21.8 Å². The highest BCUT2D eigenvalue weighted by atomic mass is 35.5. The highest BCUT2D eigenvalue weighted by Gasteiger charge is 2.35. The number of hydrogen-bond donors (Lipinski definition) is 1. The molecule has 1 aliphatic carbocycles. The van der Waals surface area contributed by atoms with Crippen molar-refractivity contribution in [3.05, 3.63) is 69.9 Å². The molecular weight excluding hydrogens is 410 g/mol. The molecule has 31 heavy (non-hydrogen) atoms. The maximum absolute atomic E-state index is 13.4. The van der Waals surface area contributed by atoms with E-state index in [1.165, 1.54) is 0 Å². The van der Waals surface area contributed by atoms with Crippen LogP contribution in [0.25, 0.3) is 10.9 Å². The molecule has 2 amide bonds. The number of hydrogen-bond acceptors (Lipinski definition) is 3. The Bertz CT molecular complexity index is 1220. The van der Waals surface area contributed by atoms with Gasteiger partial charge in [0.1, 0.15) is 6.04 Å². The summed E-state index contributed by atoms with van der Waals surface area (Å²) in [6, 6.07) is 12.7. The van der Waals surface area contributed by atoms with Crippen LogP contribution in [0, 0.1) is 13.8 Å². The molecule has 1 unspecified atom stereocenters. The summed E-state index contributed by atoms with van der Waals surface area (Å²) in [6.45, 7) is 4.57. The molecule has 3 aromatic rings. The van der Waals surface area contributed by atoms with Gasteiger partial charge in [-0.3, -0.25) is 14.6 Å². The summed E-state index contributed by atoms with van der Waals surface area (Å²) in [7, 11) is 0. The third kappa shape index (κ3) is 3.68. The Labute approximate surface area is 186 Å². The van der Waals surface area contributed by atoms with Gasteiger partial charge in [0.2, 0.25) is 5.91 Å². The van der Waals surface area contributed by atoms with Crippen LogP contribution in [0.3, 0.4) is 0 Å². The summed E-state index contributed by atoms with van der Waals surface area (Å²) in [5.41, 5.74) is 5.27. The maximum atomic E-state index is 13.4. The molecule has 2 fully saturated rings. The number of rotatable bonds is 4. The quantitative estimate of drug-likeness (QED) is 0.635. The van der Waals surface area contributed by atoms with Crippen molar-refractivity contribution >= 4 is 40.0 Å². The number of fused-ring (bicyclic) bond motifs is 1. The van der Waals surface area contributed by atoms with E-state index in [1.807, 2.05) is 44.2 Å². The molecule has 2 heterocycles. The fraction of sp³-hybridized carbons (Fsp3) is 0.320. The van der Waals surface area contributed by atoms with Crippen molar-refractivity contribution in [3.63, 3.8) is 0 Å². The van der Waals surface area contributed by atoms with E-state index in [0.717, 1.165) is 40.6 Å². The van der Waals surface area contributed by atoms with Gasteiger partial charge in [-0.15, -0.1) is 0 Å². The van der Waals surface area contributed by atoms with E-state index in [2.05, 4.69) is 11.4 Å². The first-order valence-corrected chi connectivity index (χ1v) is 11.1. The Morgan fingerprint density at radius 3 is 2.65 bits per heavy atom. The van der Waals surface area contributed by atoms with Gasteiger partial charge in [-0.2, -0.15) is 0 Å². The number of halogens is 1. The lowest BCUT2D eigenvalue weighted by molar-refractivity contribution is -0.118. The molecule has 2 aromatic carbocycles. The highest BCUT2D eigenvalue weighted by molar-refractivity contribution is 6.34. The zero-order valence-corrected chi connectivity index (χ0v) is 18.4. The Kier molecular flexibility index (Phi) is 4.94. The van der Waals surface area contributed by atoms with Crippen LogP contribution in [0.4, 0.5) is 5.69 Å². The maximum Gasteiger partial charge on any atom is 0.252 e. The molecule has 1 saturated carbocycles. The second-order valence-corrected chi connectivity index (χ2v) is 9.01. The van der Waals surface area contributed by atoms with E-state index < -0.39 is 6.04 Å². The lowest BCUT2D eigenvalue weighted by atomic mass is 10.00. The minimum Gasteiger partial charge on any atom is -0.340 e. The zero-order chi connectivity index (χ0) is 21.7. The Morgan fingerprint density at radius 2 is 1.90 bits per heavy atom. The summed E-state index contributed by atoms with van der Waals surface area (Å²) in [5.74, 6) is 0.0775. The SMILES string of the molecule is Cc1cc(C)c2nc(C3CC3)cc(C(=O)NC3CCN(c4ccccc4Cl)C3=O)c2c1. The van der Waals surface area contributed by atoms with E-state index in [4.69, 9.17) is 16.6 Å². The van der Waals surface area contributed by atoms with E-state index in [1.54, 1.807) is 11.0 Å². The van der Waals surface area contributed by atoms with Crippen molar-refractivity contribution in [2.24, 2.45) is 0 Å². The number of aryl methyl sites for hydroxylation is 2. The first-order chi connectivity index (χ1) is 14.9. The number of pyridine rings is 1. The number of anilines is 1. The molecule has 1 saturated heterocycles. The van der Waals surface area contributed by atoms with Crippen LogP contribution in [-0.4, -0.2) is 29.4 Å². The lowest BCUT2D eigenvalue weighted by Gasteiger charge is -2.19. The number of nitrogens with zero attached hydrogens (tertiary/aromatic N) is 2. The molecule has 5 nitrogen and oxygen atoms in total. The third-order valence-electron chi connectivity index (χ3n) is 6.16. The molecule has 158 valence electrons. The lowest BCUT2D eigenvalue weighted by Crippen LogP contribution is -2.41. The minimum atomic E-state index is -0.567. The predicted octanol–water partition coefficient (Wildman–Crippen LogP) is 4.92. The molecule has 1 N–H and O–H groups in total. The number of nitrogens with one attached hydrogen (secondary N) is 1. The molecule has 6 heteroatoms. The van der Waals surface area contributed by atoms with Gasteiger partial charge in [-0.1, -0.05) is 35.4 Å². The predicted molar refractivity (Wildman–Crippen MR) is 123 cm³/mol. The summed E-state index contributed by atoms with van der Waals surface area (Å²) in [5, 5.41) is 4.35. The largest absolute Gasteiger partial charge is 0.340 e. The number of carbonyl (C=O) groups is 2. The molecule has 0 bridgehead atoms. The van der Waals surface area contributed by atoms with Crippen molar-refractivity contribution in [2.45, 2.75) is 45.1 Å². The summed E-state index contributed by atoms with van der Waals surface area (Å²) < 4.78 is 0. The van der Waals surface area contributed by atoms with E-state index >= 15 is 0 Å². The van der Waals surface area contributed by atoms with E-state index in [0.29, 0.717) is 35.2 Å². The fourth-order valence-corrected chi connectivity index (χ4v) is 4.67. The Morgan fingerprint density at radius 1 is 1.13 bits per heavy atom. The first kappa shape index (κ1) is 20.0. The van der Waals surface area contributed by atoms with Crippen molar-refractivity contribution in [1.29, 1.82) is 0 Å². The Balaban J connectivity index is 1.46. The van der Waals surface area contributed by atoms with E-state index in [-0.39, 0.29) is 11.8 Å². The fourth-order valence-electron chi connectivity index (χ4n) is 4.44. The van der Waals surface area contributed by atoms with Crippen LogP contribution in [-0.2, 0) is 4.79 Å². The van der Waals surface area contributed by atoms with Gasteiger partial charge in [0.15, 0.2) is 0 Å². The van der Waals surface area contributed by atoms with Gasteiger partial charge < -0.3 is 10.2 Å². The van der Waals surface area contributed by atoms with Crippen molar-refractivity contribution in [1.82, 2.24) is 10.3 Å². The van der Waals surface area contributed by atoms with E-state index in [9.17, 15) is 9.59 Å². The molecule has 2 aliphatic rings. The van der Waals surface area contributed by atoms with Gasteiger partial charge in [0, 0.05) is 23.5 Å². The van der Waals surface area contributed by atoms with Gasteiger partial charge in [0.25, 0.3) is 5.91 Å². The van der Waals surface area contributed by atoms with Gasteiger partial charge in [-0.05, 0) is 62.9 Å². The average Bonchev–Trinajstić information content (AvgIpc) is 3.53. The number of amides is 2. The number of benzene rings is 2. The average molecular weight is 434 g/mol. The minimum absolute atomic E-state index is 0.130. The molecular formula is C25H24ClN3O2. The smallest absolute Gasteiger partial charge is 0.252 e. The third-order valence-corrected chi connectivity index (χ3v) is 6.48. The van der Waals surface area contributed by atoms with Crippen LogP contribution < -0.4 is 10.2 Å². The zero-order valence-electron chi connectivity index (χ0n) is 17.6. The van der Waals surface area contributed by atoms with Crippen LogP contribution in [0.5, 0.6) is 0 Å². The van der Waals surface area contributed by atoms with Gasteiger partial charge >= 0.3 is 0 Å². The van der Waals surface area contributed by atoms with Crippen LogP contribution in [0.2, 0.25) is 5.02 Å². The topological polar surface area (TPSA) is 62.3 Å². The molecule has 1 atom stereocenters. The second-order valence-electron chi connectivity index (χ2n) is 8.60. The van der Waals surface area contributed by atoms with Crippen molar-refractivity contribution in [2.75, 3.05) is 11.4 Å². The van der Waals surface area contributed by atoms with Crippen LogP contribution in [0.15, 0.2) is 42.5 Å². The Hall–Kier alpha value is -2.92. The first-order valence-electron chi connectivity index (χ1n) is 10.7. The normalized spacial score (nSPS) is 18.6. The van der Waals surface area contributed by atoms with Crippen molar-refractivity contribution < 1.29 is 9.59 Å². The van der Waals surface area contributed by atoms with Crippen LogP contribution in [0.1, 0.15) is 52.4 Å². The van der Waals surface area contributed by atoms with Crippen LogP contribution >= 0.6 is 11.6 Å². The summed E-state index contributed by atoms with van der Waals surface area (Å²) in [4.78, 5) is 32.9. The molecule has 5 rings (SSSR count). The summed E-state index contributed by atoms with van der Waals surface area (Å²) >= 11 is 6.28. The molecule has 1 aliphatic heterocycles. The van der Waals surface area contributed by atoms with Crippen molar-refractivity contribution in [3.8, 4) is 0 Å². The molecule has 0 spiro atoms. The molecule has 0 radical (unpaired) electrons. The highest BCUT2D eigenvalue weighted by Crippen LogP contribution is 2.40. The standard InChI is InChI=1S/C25H24ClN3O2/c1-14-11-15(2)23-17(12-14)18(13-21(27-23)16-7-8-16)24(30)28-20-9-10-29(25(20)31)22-6-4-3-5-19(22)26/h3-6,11-13,16,20H,7-10H2,1-2H3,(H,28,30). The number of aromatic nitrogens is 1.